The number of ether oxygens (including phenoxy) is 1. The fourth-order valence-corrected chi connectivity index (χ4v) is 5.96. The van der Waals surface area contributed by atoms with E-state index in [1.165, 1.54) is 4.57 Å². The predicted molar refractivity (Wildman–Crippen MR) is 126 cm³/mol. The normalized spacial score (nSPS) is 24.4. The lowest BCUT2D eigenvalue weighted by Gasteiger charge is -2.51. The van der Waals surface area contributed by atoms with Gasteiger partial charge in [0.2, 0.25) is 5.91 Å². The van der Waals surface area contributed by atoms with Crippen LogP contribution >= 0.6 is 11.6 Å². The van der Waals surface area contributed by atoms with Crippen molar-refractivity contribution in [3.63, 3.8) is 0 Å². The summed E-state index contributed by atoms with van der Waals surface area (Å²) < 4.78 is 84.0. The smallest absolute Gasteiger partial charge is 0.376 e. The van der Waals surface area contributed by atoms with E-state index < -0.39 is 42.0 Å². The van der Waals surface area contributed by atoms with Crippen LogP contribution in [0.1, 0.15) is 44.0 Å². The van der Waals surface area contributed by atoms with E-state index in [4.69, 9.17) is 16.3 Å². The van der Waals surface area contributed by atoms with Gasteiger partial charge in [-0.3, -0.25) is 9.69 Å². The molecule has 12 heteroatoms. The zero-order valence-electron chi connectivity index (χ0n) is 20.7. The Morgan fingerprint density at radius 3 is 2.35 bits per heavy atom. The number of nitrogens with zero attached hydrogens (tertiary/aromatic N) is 3. The van der Waals surface area contributed by atoms with Crippen LogP contribution < -0.4 is 0 Å². The highest BCUT2D eigenvalue weighted by Crippen LogP contribution is 2.48. The average molecular weight is 554 g/mol. The number of carbonyl (C=O) groups excluding carboxylic acids is 1. The second-order valence-corrected chi connectivity index (χ2v) is 10.7. The third-order valence-corrected chi connectivity index (χ3v) is 8.08. The van der Waals surface area contributed by atoms with E-state index in [2.05, 4.69) is 0 Å². The minimum atomic E-state index is -4.51. The van der Waals surface area contributed by atoms with Crippen LogP contribution in [0.15, 0.2) is 29.9 Å². The van der Waals surface area contributed by atoms with Gasteiger partial charge >= 0.3 is 12.4 Å². The van der Waals surface area contributed by atoms with Crippen LogP contribution in [0.3, 0.4) is 0 Å². The SMILES string of the molecule is CN1CCn2c(C(F)(F)F)cc(Cl)c2C12CCN(C(=O)C1(C)C=CC(COCCC(F)(F)F)=CC1)CC2. The number of halogens is 7. The number of allylic oxidation sites excluding steroid dienone is 1. The molecule has 1 unspecified atom stereocenters. The zero-order chi connectivity index (χ0) is 27.2. The maximum Gasteiger partial charge on any atom is 0.431 e. The molecule has 1 atom stereocenters. The summed E-state index contributed by atoms with van der Waals surface area (Å²) >= 11 is 6.37. The molecule has 1 aromatic rings. The van der Waals surface area contributed by atoms with Crippen molar-refractivity contribution in [3.05, 3.63) is 46.3 Å². The van der Waals surface area contributed by atoms with Gasteiger partial charge in [-0.1, -0.05) is 29.8 Å². The number of alkyl halides is 6. The van der Waals surface area contributed by atoms with E-state index in [9.17, 15) is 31.1 Å². The summed E-state index contributed by atoms with van der Waals surface area (Å²) in [6.45, 7) is 2.78. The molecule has 206 valence electrons. The molecule has 2 aliphatic heterocycles. The number of carbonyl (C=O) groups is 1. The highest BCUT2D eigenvalue weighted by Gasteiger charge is 2.50. The summed E-state index contributed by atoms with van der Waals surface area (Å²) in [5.41, 5.74) is -1.09. The zero-order valence-corrected chi connectivity index (χ0v) is 21.4. The van der Waals surface area contributed by atoms with Gasteiger partial charge in [0.15, 0.2) is 0 Å². The molecule has 0 bridgehead atoms. The second kappa shape index (κ2) is 9.96. The van der Waals surface area contributed by atoms with Crippen molar-refractivity contribution in [1.82, 2.24) is 14.4 Å². The first-order valence-electron chi connectivity index (χ1n) is 12.2. The average Bonchev–Trinajstić information content (AvgIpc) is 3.18. The van der Waals surface area contributed by atoms with Crippen LogP contribution in [0.2, 0.25) is 5.02 Å². The molecular weight excluding hydrogens is 524 g/mol. The number of amides is 1. The lowest BCUT2D eigenvalue weighted by molar-refractivity contribution is -0.146. The van der Waals surface area contributed by atoms with Crippen molar-refractivity contribution < 1.29 is 35.9 Å². The lowest BCUT2D eigenvalue weighted by atomic mass is 9.78. The molecule has 37 heavy (non-hydrogen) atoms. The van der Waals surface area contributed by atoms with Crippen molar-refractivity contribution in [1.29, 1.82) is 0 Å². The number of piperidine rings is 1. The minimum Gasteiger partial charge on any atom is -0.376 e. The van der Waals surface area contributed by atoms with Gasteiger partial charge in [-0.15, -0.1) is 0 Å². The van der Waals surface area contributed by atoms with E-state index >= 15 is 0 Å². The van der Waals surface area contributed by atoms with Crippen molar-refractivity contribution in [3.8, 4) is 0 Å². The Kier molecular flexibility index (Phi) is 7.55. The quantitative estimate of drug-likeness (QED) is 0.342. The van der Waals surface area contributed by atoms with Crippen LogP contribution in [0.4, 0.5) is 26.3 Å². The number of aromatic nitrogens is 1. The van der Waals surface area contributed by atoms with E-state index in [1.54, 1.807) is 30.1 Å². The van der Waals surface area contributed by atoms with Crippen LogP contribution in [0.5, 0.6) is 0 Å². The number of hydrogen-bond donors (Lipinski definition) is 0. The molecule has 0 aromatic carbocycles. The number of hydrogen-bond acceptors (Lipinski definition) is 3. The number of likely N-dealkylation sites (tertiary alicyclic amines) is 1. The highest BCUT2D eigenvalue weighted by atomic mass is 35.5. The summed E-state index contributed by atoms with van der Waals surface area (Å²) in [5, 5.41) is 0.0935. The van der Waals surface area contributed by atoms with E-state index in [-0.39, 0.29) is 24.1 Å². The number of rotatable bonds is 5. The molecule has 1 aliphatic carbocycles. The Bertz CT molecular complexity index is 1090. The first-order chi connectivity index (χ1) is 17.2. The molecule has 1 aromatic heterocycles. The van der Waals surface area contributed by atoms with Gasteiger partial charge in [-0.05, 0) is 44.9 Å². The molecule has 0 radical (unpaired) electrons. The predicted octanol–water partition coefficient (Wildman–Crippen LogP) is 5.79. The first kappa shape index (κ1) is 28.0. The van der Waals surface area contributed by atoms with Crippen LogP contribution in [0.25, 0.3) is 0 Å². The van der Waals surface area contributed by atoms with Gasteiger partial charge in [0.1, 0.15) is 5.69 Å². The second-order valence-electron chi connectivity index (χ2n) is 10.3. The molecule has 3 aliphatic rings. The van der Waals surface area contributed by atoms with Gasteiger partial charge in [-0.2, -0.15) is 26.3 Å². The highest BCUT2D eigenvalue weighted by molar-refractivity contribution is 6.31. The Morgan fingerprint density at radius 1 is 1.11 bits per heavy atom. The largest absolute Gasteiger partial charge is 0.431 e. The van der Waals surface area contributed by atoms with Gasteiger partial charge < -0.3 is 14.2 Å². The Morgan fingerprint density at radius 2 is 1.78 bits per heavy atom. The standard InChI is InChI=1S/C25H30ClF6N3O2/c1-22(5-3-17(4-6-22)16-37-14-9-24(27,28)29)21(36)34-10-7-23(8-11-34)20-18(26)15-19(25(30,31)32)35(20)13-12-33(23)2/h3-5,15H,6-14,16H2,1-2H3. The molecule has 1 spiro atoms. The van der Waals surface area contributed by atoms with Crippen LogP contribution in [-0.2, 0) is 27.8 Å². The molecule has 1 saturated heterocycles. The van der Waals surface area contributed by atoms with Crippen molar-refractivity contribution >= 4 is 17.5 Å². The van der Waals surface area contributed by atoms with Gasteiger partial charge in [0, 0.05) is 26.2 Å². The summed E-state index contributed by atoms with van der Waals surface area (Å²) in [7, 11) is 1.88. The molecular formula is C25H30ClF6N3O2. The fraction of sp³-hybridized carbons (Fsp3) is 0.640. The van der Waals surface area contributed by atoms with E-state index in [0.29, 0.717) is 50.2 Å². The lowest BCUT2D eigenvalue weighted by Crippen LogP contribution is -2.58. The number of fused-ring (bicyclic) bond motifs is 2. The summed E-state index contributed by atoms with van der Waals surface area (Å²) in [6, 6.07) is 1.000. The van der Waals surface area contributed by atoms with E-state index in [0.717, 1.165) is 6.07 Å². The molecule has 4 rings (SSSR count). The maximum absolute atomic E-state index is 13.6. The molecule has 5 nitrogen and oxygen atoms in total. The van der Waals surface area contributed by atoms with Gasteiger partial charge in [0.05, 0.1) is 41.3 Å². The molecule has 0 saturated carbocycles. The third kappa shape index (κ3) is 5.59. The monoisotopic (exact) mass is 553 g/mol. The molecule has 1 fully saturated rings. The van der Waals surface area contributed by atoms with Crippen LogP contribution in [0, 0.1) is 5.41 Å². The Labute approximate surface area is 216 Å². The summed E-state index contributed by atoms with van der Waals surface area (Å²) in [5.74, 6) is -0.0946. The maximum atomic E-state index is 13.6. The molecule has 3 heterocycles. The summed E-state index contributed by atoms with van der Waals surface area (Å²) in [6.07, 6.45) is -3.24. The molecule has 0 N–H and O–H groups in total. The Balaban J connectivity index is 1.41. The third-order valence-electron chi connectivity index (χ3n) is 7.79. The van der Waals surface area contributed by atoms with Crippen molar-refractivity contribution in [2.75, 3.05) is 39.9 Å². The van der Waals surface area contributed by atoms with Gasteiger partial charge in [-0.25, -0.2) is 0 Å². The first-order valence-corrected chi connectivity index (χ1v) is 12.5. The topological polar surface area (TPSA) is 37.7 Å². The minimum absolute atomic E-state index is 0.0374. The molecule has 1 amide bonds. The van der Waals surface area contributed by atoms with Crippen LogP contribution in [-0.4, -0.2) is 66.3 Å². The van der Waals surface area contributed by atoms with Crippen molar-refractivity contribution in [2.45, 2.75) is 57.0 Å². The summed E-state index contributed by atoms with van der Waals surface area (Å²) in [4.78, 5) is 17.2. The van der Waals surface area contributed by atoms with Gasteiger partial charge in [0.25, 0.3) is 0 Å². The van der Waals surface area contributed by atoms with Crippen molar-refractivity contribution in [2.24, 2.45) is 5.41 Å². The fourth-order valence-electron chi connectivity index (χ4n) is 5.57. The Hall–Kier alpha value is -1.98. The number of likely N-dealkylation sites (N-methyl/N-ethyl adjacent to an activating group) is 1. The van der Waals surface area contributed by atoms with E-state index in [1.807, 2.05) is 11.9 Å².